The number of benzene rings is 1. The Morgan fingerprint density at radius 3 is 3.06 bits per heavy atom. The van der Waals surface area contributed by atoms with Gasteiger partial charge in [0.2, 0.25) is 0 Å². The normalized spacial score (nSPS) is 10.3. The van der Waals surface area contributed by atoms with E-state index in [1.807, 2.05) is 10.8 Å². The minimum Gasteiger partial charge on any atom is -0.508 e. The maximum atomic E-state index is 9.27. The molecule has 4 heteroatoms. The van der Waals surface area contributed by atoms with Crippen molar-refractivity contribution >= 4 is 0 Å². The highest BCUT2D eigenvalue weighted by Gasteiger charge is 2.02. The Bertz CT molecular complexity index is 466. The molecule has 0 radical (unpaired) electrons. The van der Waals surface area contributed by atoms with Crippen LogP contribution in [0.1, 0.15) is 12.7 Å². The van der Waals surface area contributed by atoms with Gasteiger partial charge in [0.15, 0.2) is 0 Å². The number of phenols is 1. The molecule has 0 fully saturated rings. The highest BCUT2D eigenvalue weighted by Crippen LogP contribution is 2.18. The number of imidazole rings is 1. The number of ether oxygens (including phenoxy) is 1. The number of aromatic hydroxyl groups is 1. The van der Waals surface area contributed by atoms with Gasteiger partial charge in [-0.15, -0.1) is 0 Å². The number of hydrogen-bond donors (Lipinski definition) is 1. The Morgan fingerprint density at radius 1 is 1.44 bits per heavy atom. The molecule has 1 N–H and O–H groups in total. The molecule has 0 aliphatic carbocycles. The Balaban J connectivity index is 2.02. The highest BCUT2D eigenvalue weighted by molar-refractivity contribution is 5.31. The summed E-state index contributed by atoms with van der Waals surface area (Å²) in [6, 6.07) is 6.75. The van der Waals surface area contributed by atoms with Gasteiger partial charge in [0, 0.05) is 25.0 Å². The third-order valence-electron chi connectivity index (χ3n) is 2.33. The van der Waals surface area contributed by atoms with Crippen molar-refractivity contribution in [3.05, 3.63) is 42.5 Å². The zero-order valence-electron chi connectivity index (χ0n) is 9.13. The van der Waals surface area contributed by atoms with Crippen LogP contribution >= 0.6 is 0 Å². The maximum Gasteiger partial charge on any atom is 0.146 e. The molecule has 0 saturated heterocycles. The fourth-order valence-corrected chi connectivity index (χ4v) is 1.49. The Labute approximate surface area is 94.1 Å². The third kappa shape index (κ3) is 2.34. The first kappa shape index (κ1) is 10.5. The molecule has 0 aliphatic heterocycles. The molecule has 1 aromatic heterocycles. The summed E-state index contributed by atoms with van der Waals surface area (Å²) in [5.74, 6) is 1.73. The van der Waals surface area contributed by atoms with Crippen molar-refractivity contribution in [1.29, 1.82) is 0 Å². The first-order chi connectivity index (χ1) is 7.79. The van der Waals surface area contributed by atoms with Gasteiger partial charge < -0.3 is 14.4 Å². The summed E-state index contributed by atoms with van der Waals surface area (Å²) in [4.78, 5) is 4.20. The standard InChI is InChI=1S/C12H14N2O2/c1-2-14-7-6-13-12(14)9-16-11-5-3-4-10(15)8-11/h3-8,15H,2,9H2,1H3. The third-order valence-corrected chi connectivity index (χ3v) is 2.33. The van der Waals surface area contributed by atoms with E-state index in [0.29, 0.717) is 12.4 Å². The Kier molecular flexibility index (Phi) is 3.10. The van der Waals surface area contributed by atoms with E-state index in [9.17, 15) is 5.11 Å². The summed E-state index contributed by atoms with van der Waals surface area (Å²) >= 11 is 0. The van der Waals surface area contributed by atoms with Crippen LogP contribution in [0.4, 0.5) is 0 Å². The van der Waals surface area contributed by atoms with Crippen molar-refractivity contribution in [2.24, 2.45) is 0 Å². The first-order valence-corrected chi connectivity index (χ1v) is 5.21. The van der Waals surface area contributed by atoms with E-state index >= 15 is 0 Å². The van der Waals surface area contributed by atoms with Gasteiger partial charge in [-0.3, -0.25) is 0 Å². The van der Waals surface area contributed by atoms with Crippen molar-refractivity contribution in [2.75, 3.05) is 0 Å². The Hall–Kier alpha value is -1.97. The fourth-order valence-electron chi connectivity index (χ4n) is 1.49. The van der Waals surface area contributed by atoms with E-state index in [2.05, 4.69) is 11.9 Å². The number of aromatic nitrogens is 2. The van der Waals surface area contributed by atoms with Crippen molar-refractivity contribution in [1.82, 2.24) is 9.55 Å². The zero-order chi connectivity index (χ0) is 11.4. The van der Waals surface area contributed by atoms with Gasteiger partial charge in [-0.25, -0.2) is 4.98 Å². The fraction of sp³-hybridized carbons (Fsp3) is 0.250. The molecule has 1 aromatic carbocycles. The van der Waals surface area contributed by atoms with E-state index < -0.39 is 0 Å². The van der Waals surface area contributed by atoms with E-state index in [4.69, 9.17) is 4.74 Å². The second-order valence-corrected chi connectivity index (χ2v) is 3.42. The minimum absolute atomic E-state index is 0.205. The van der Waals surface area contributed by atoms with Crippen molar-refractivity contribution in [2.45, 2.75) is 20.1 Å². The van der Waals surface area contributed by atoms with Crippen molar-refractivity contribution < 1.29 is 9.84 Å². The molecular formula is C12H14N2O2. The van der Waals surface area contributed by atoms with Crippen LogP contribution in [0.3, 0.4) is 0 Å². The molecule has 16 heavy (non-hydrogen) atoms. The van der Waals surface area contributed by atoms with Gasteiger partial charge in [-0.05, 0) is 19.1 Å². The number of nitrogens with zero attached hydrogens (tertiary/aromatic N) is 2. The van der Waals surface area contributed by atoms with Crippen LogP contribution in [-0.2, 0) is 13.2 Å². The van der Waals surface area contributed by atoms with Crippen LogP contribution < -0.4 is 4.74 Å². The van der Waals surface area contributed by atoms with Crippen LogP contribution in [-0.4, -0.2) is 14.7 Å². The number of rotatable bonds is 4. The van der Waals surface area contributed by atoms with Crippen molar-refractivity contribution in [3.63, 3.8) is 0 Å². The van der Waals surface area contributed by atoms with Gasteiger partial charge in [0.05, 0.1) is 0 Å². The van der Waals surface area contributed by atoms with Crippen LogP contribution in [0.5, 0.6) is 11.5 Å². The molecule has 0 aliphatic rings. The molecule has 0 atom stereocenters. The lowest BCUT2D eigenvalue weighted by molar-refractivity contribution is 0.288. The monoisotopic (exact) mass is 218 g/mol. The average molecular weight is 218 g/mol. The predicted octanol–water partition coefficient (Wildman–Crippen LogP) is 2.19. The van der Waals surface area contributed by atoms with Crippen LogP contribution in [0.25, 0.3) is 0 Å². The number of aryl methyl sites for hydroxylation is 1. The summed E-state index contributed by atoms with van der Waals surface area (Å²) in [7, 11) is 0. The predicted molar refractivity (Wildman–Crippen MR) is 60.3 cm³/mol. The average Bonchev–Trinajstić information content (AvgIpc) is 2.74. The smallest absolute Gasteiger partial charge is 0.146 e. The first-order valence-electron chi connectivity index (χ1n) is 5.21. The molecule has 0 amide bonds. The highest BCUT2D eigenvalue weighted by atomic mass is 16.5. The minimum atomic E-state index is 0.205. The topological polar surface area (TPSA) is 47.3 Å². The van der Waals surface area contributed by atoms with Gasteiger partial charge in [-0.2, -0.15) is 0 Å². The lowest BCUT2D eigenvalue weighted by atomic mass is 10.3. The molecule has 1 heterocycles. The SMILES string of the molecule is CCn1ccnc1COc1cccc(O)c1. The van der Waals surface area contributed by atoms with E-state index in [0.717, 1.165) is 12.4 Å². The largest absolute Gasteiger partial charge is 0.508 e. The lowest BCUT2D eigenvalue weighted by Gasteiger charge is -2.07. The summed E-state index contributed by atoms with van der Waals surface area (Å²) in [5, 5.41) is 9.27. The van der Waals surface area contributed by atoms with Crippen LogP contribution in [0, 0.1) is 0 Å². The molecule has 84 valence electrons. The molecule has 2 aromatic rings. The summed E-state index contributed by atoms with van der Waals surface area (Å²) in [6.07, 6.45) is 3.67. The zero-order valence-corrected chi connectivity index (χ0v) is 9.13. The van der Waals surface area contributed by atoms with Gasteiger partial charge >= 0.3 is 0 Å². The van der Waals surface area contributed by atoms with Crippen LogP contribution in [0.2, 0.25) is 0 Å². The van der Waals surface area contributed by atoms with E-state index in [-0.39, 0.29) is 5.75 Å². The lowest BCUT2D eigenvalue weighted by Crippen LogP contribution is -2.05. The number of phenolic OH excluding ortho intramolecular Hbond substituents is 1. The summed E-state index contributed by atoms with van der Waals surface area (Å²) < 4.78 is 7.55. The van der Waals surface area contributed by atoms with Crippen molar-refractivity contribution in [3.8, 4) is 11.5 Å². The molecule has 2 rings (SSSR count). The second kappa shape index (κ2) is 4.70. The van der Waals surface area contributed by atoms with E-state index in [1.54, 1.807) is 30.5 Å². The van der Waals surface area contributed by atoms with Gasteiger partial charge in [0.25, 0.3) is 0 Å². The molecular weight excluding hydrogens is 204 g/mol. The maximum absolute atomic E-state index is 9.27. The van der Waals surface area contributed by atoms with Gasteiger partial charge in [0.1, 0.15) is 23.9 Å². The van der Waals surface area contributed by atoms with E-state index in [1.165, 1.54) is 0 Å². The van der Waals surface area contributed by atoms with Crippen LogP contribution in [0.15, 0.2) is 36.7 Å². The molecule has 0 spiro atoms. The summed E-state index contributed by atoms with van der Waals surface area (Å²) in [6.45, 7) is 3.34. The Morgan fingerprint density at radius 2 is 2.31 bits per heavy atom. The molecule has 0 unspecified atom stereocenters. The number of hydrogen-bond acceptors (Lipinski definition) is 3. The molecule has 4 nitrogen and oxygen atoms in total. The quantitative estimate of drug-likeness (QED) is 0.855. The molecule has 0 saturated carbocycles. The van der Waals surface area contributed by atoms with Gasteiger partial charge in [-0.1, -0.05) is 6.07 Å². The molecule has 0 bridgehead atoms. The summed E-state index contributed by atoms with van der Waals surface area (Å²) in [5.41, 5.74) is 0. The second-order valence-electron chi connectivity index (χ2n) is 3.42.